The van der Waals surface area contributed by atoms with Crippen LogP contribution in [-0.2, 0) is 25.2 Å². The molecule has 0 aliphatic rings. The second-order valence-corrected chi connectivity index (χ2v) is 11.9. The lowest BCUT2D eigenvalue weighted by Crippen LogP contribution is -2.15. The van der Waals surface area contributed by atoms with Crippen LogP contribution in [0.15, 0.2) is 103 Å². The quantitative estimate of drug-likeness (QED) is 0.157. The lowest BCUT2D eigenvalue weighted by Gasteiger charge is -2.20. The molecule has 7 aromatic rings. The van der Waals surface area contributed by atoms with E-state index in [0.29, 0.717) is 29.3 Å². The van der Waals surface area contributed by atoms with Crippen molar-refractivity contribution in [3.8, 4) is 34.1 Å². The summed E-state index contributed by atoms with van der Waals surface area (Å²) in [5.41, 5.74) is -0.108. The van der Waals surface area contributed by atoms with Gasteiger partial charge in [0.1, 0.15) is 17.3 Å². The van der Waals surface area contributed by atoms with Crippen molar-refractivity contribution in [3.05, 3.63) is 131 Å². The Labute approximate surface area is 283 Å². The van der Waals surface area contributed by atoms with Crippen LogP contribution in [0.4, 0.5) is 26.3 Å². The molecular weight excluding hydrogens is 654 g/mol. The van der Waals surface area contributed by atoms with Crippen molar-refractivity contribution >= 4 is 21.8 Å². The van der Waals surface area contributed by atoms with Crippen molar-refractivity contribution in [3.63, 3.8) is 0 Å². The number of para-hydroxylation sites is 1. The lowest BCUT2D eigenvalue weighted by atomic mass is 9.90. The third-order valence-electron chi connectivity index (χ3n) is 8.72. The summed E-state index contributed by atoms with van der Waals surface area (Å²) in [6.07, 6.45) is -8.06. The molecule has 0 spiro atoms. The van der Waals surface area contributed by atoms with E-state index >= 15 is 0 Å². The molecule has 0 aliphatic heterocycles. The molecule has 0 radical (unpaired) electrons. The van der Waals surface area contributed by atoms with Crippen LogP contribution in [0.3, 0.4) is 0 Å². The summed E-state index contributed by atoms with van der Waals surface area (Å²) in [5, 5.41) is 6.63. The predicted octanol–water partition coefficient (Wildman–Crippen LogP) is 11.3. The number of halogens is 6. The zero-order valence-electron chi connectivity index (χ0n) is 27.2. The number of hydrogen-bond acceptors (Lipinski definition) is 3. The number of aromatic nitrogens is 4. The van der Waals surface area contributed by atoms with Crippen molar-refractivity contribution in [2.45, 2.75) is 46.0 Å². The van der Waals surface area contributed by atoms with Gasteiger partial charge in [-0.2, -0.15) is 31.4 Å². The highest BCUT2D eigenvalue weighted by Crippen LogP contribution is 2.47. The fourth-order valence-electron chi connectivity index (χ4n) is 6.59. The molecule has 7 rings (SSSR count). The Morgan fingerprint density at radius 3 is 2.02 bits per heavy atom. The van der Waals surface area contributed by atoms with E-state index in [2.05, 4.69) is 14.6 Å². The molecule has 3 aromatic heterocycles. The first-order chi connectivity index (χ1) is 23.9. The molecule has 0 aliphatic carbocycles. The first-order valence-corrected chi connectivity index (χ1v) is 16.0. The van der Waals surface area contributed by atoms with Crippen molar-refractivity contribution in [2.24, 2.45) is 0 Å². The molecule has 0 N–H and O–H groups in total. The van der Waals surface area contributed by atoms with E-state index in [4.69, 9.17) is 4.74 Å². The Balaban J connectivity index is 1.34. The third-order valence-corrected chi connectivity index (χ3v) is 8.72. The molecule has 0 fully saturated rings. The van der Waals surface area contributed by atoms with Crippen LogP contribution in [0.2, 0.25) is 0 Å². The normalized spacial score (nSPS) is 12.3. The summed E-state index contributed by atoms with van der Waals surface area (Å²) in [7, 11) is 0. The molecule has 4 aromatic carbocycles. The molecular formula is C39H30F6N4O. The summed E-state index contributed by atoms with van der Waals surface area (Å²) >= 11 is 0. The topological polar surface area (TPSA) is 44.9 Å². The lowest BCUT2D eigenvalue weighted by molar-refractivity contribution is -0.142. The number of hydrogen-bond donors (Lipinski definition) is 0. The van der Waals surface area contributed by atoms with E-state index in [0.717, 1.165) is 39.3 Å². The maximum Gasteiger partial charge on any atom is 0.417 e. The molecule has 0 atom stereocenters. The third kappa shape index (κ3) is 5.76. The first kappa shape index (κ1) is 32.9. The highest BCUT2D eigenvalue weighted by Gasteiger charge is 2.42. The second kappa shape index (κ2) is 12.4. The van der Waals surface area contributed by atoms with Crippen molar-refractivity contribution in [1.82, 2.24) is 19.3 Å². The van der Waals surface area contributed by atoms with Gasteiger partial charge in [0.05, 0.1) is 39.2 Å². The van der Waals surface area contributed by atoms with Crippen LogP contribution in [0, 0.1) is 6.92 Å². The van der Waals surface area contributed by atoms with Gasteiger partial charge >= 0.3 is 12.4 Å². The minimum atomic E-state index is -5.02. The van der Waals surface area contributed by atoms with E-state index in [9.17, 15) is 26.3 Å². The van der Waals surface area contributed by atoms with Crippen molar-refractivity contribution in [1.29, 1.82) is 0 Å². The molecule has 0 saturated carbocycles. The summed E-state index contributed by atoms with van der Waals surface area (Å²) in [6, 6.07) is 26.6. The van der Waals surface area contributed by atoms with E-state index in [-0.39, 0.29) is 29.8 Å². The van der Waals surface area contributed by atoms with E-state index < -0.39 is 29.0 Å². The van der Waals surface area contributed by atoms with Crippen LogP contribution in [-0.4, -0.2) is 19.3 Å². The zero-order chi connectivity index (χ0) is 35.4. The van der Waals surface area contributed by atoms with Crippen LogP contribution in [0.5, 0.6) is 11.5 Å². The van der Waals surface area contributed by atoms with E-state index in [1.54, 1.807) is 44.3 Å². The smallest absolute Gasteiger partial charge is 0.417 e. The van der Waals surface area contributed by atoms with Gasteiger partial charge in [0.25, 0.3) is 0 Å². The SMILES string of the molecule is CCc1nn(-c2cccc(Oc3ccc4c5ccccc5n(-c5cc(C)ccn5)c4c3)c2)c(CC)c1-c1c(C(F)(F)F)cccc1C(F)(F)F. The van der Waals surface area contributed by atoms with E-state index in [1.165, 1.54) is 4.68 Å². The van der Waals surface area contributed by atoms with Crippen LogP contribution < -0.4 is 4.74 Å². The monoisotopic (exact) mass is 684 g/mol. The Bertz CT molecular complexity index is 2350. The van der Waals surface area contributed by atoms with Gasteiger partial charge in [-0.1, -0.05) is 44.2 Å². The molecule has 3 heterocycles. The number of fused-ring (bicyclic) bond motifs is 3. The molecule has 254 valence electrons. The van der Waals surface area contributed by atoms with Gasteiger partial charge in [0.15, 0.2) is 0 Å². The van der Waals surface area contributed by atoms with Crippen LogP contribution in [0.25, 0.3) is 44.4 Å². The number of rotatable bonds is 7. The number of nitrogens with zero attached hydrogens (tertiary/aromatic N) is 4. The predicted molar refractivity (Wildman–Crippen MR) is 181 cm³/mol. The molecule has 5 nitrogen and oxygen atoms in total. The standard InChI is InChI=1S/C39H30F6N4O/c1-4-31-37(36-29(38(40,41)42)13-9-14-30(36)39(43,44)45)32(5-2)49(47-31)24-10-8-11-25(21-24)50-26-16-17-28-27-12-6-7-15-33(27)48(34(28)22-26)35-20-23(3)18-19-46-35/h6-22H,4-5H2,1-3H3. The minimum Gasteiger partial charge on any atom is -0.457 e. The Kier molecular flexibility index (Phi) is 8.16. The number of alkyl halides is 6. The van der Waals surface area contributed by atoms with E-state index in [1.807, 2.05) is 61.5 Å². The molecule has 0 saturated heterocycles. The van der Waals surface area contributed by atoms with Gasteiger partial charge < -0.3 is 4.74 Å². The van der Waals surface area contributed by atoms with Gasteiger partial charge in [0, 0.05) is 40.2 Å². The molecule has 0 amide bonds. The Morgan fingerprint density at radius 2 is 1.34 bits per heavy atom. The van der Waals surface area contributed by atoms with Crippen molar-refractivity contribution < 1.29 is 31.1 Å². The minimum absolute atomic E-state index is 0.110. The Morgan fingerprint density at radius 1 is 0.660 bits per heavy atom. The van der Waals surface area contributed by atoms with Gasteiger partial charge in [0.2, 0.25) is 0 Å². The van der Waals surface area contributed by atoms with Crippen LogP contribution in [0.1, 0.15) is 41.9 Å². The van der Waals surface area contributed by atoms with Gasteiger partial charge in [-0.3, -0.25) is 4.57 Å². The molecule has 0 unspecified atom stereocenters. The summed E-state index contributed by atoms with van der Waals surface area (Å²) in [5.74, 6) is 1.68. The maximum absolute atomic E-state index is 14.2. The van der Waals surface area contributed by atoms with Gasteiger partial charge in [-0.05, 0) is 79.9 Å². The van der Waals surface area contributed by atoms with Gasteiger partial charge in [-0.25, -0.2) is 9.67 Å². The summed E-state index contributed by atoms with van der Waals surface area (Å²) in [4.78, 5) is 4.62. The summed E-state index contributed by atoms with van der Waals surface area (Å²) in [6.45, 7) is 5.33. The molecule has 50 heavy (non-hydrogen) atoms. The second-order valence-electron chi connectivity index (χ2n) is 11.9. The zero-order valence-corrected chi connectivity index (χ0v) is 27.2. The van der Waals surface area contributed by atoms with Gasteiger partial charge in [-0.15, -0.1) is 0 Å². The number of pyridine rings is 1. The molecule has 0 bridgehead atoms. The highest BCUT2D eigenvalue weighted by molar-refractivity contribution is 6.09. The highest BCUT2D eigenvalue weighted by atomic mass is 19.4. The summed E-state index contributed by atoms with van der Waals surface area (Å²) < 4.78 is 95.3. The number of benzene rings is 4. The van der Waals surface area contributed by atoms with Crippen LogP contribution >= 0.6 is 0 Å². The average molecular weight is 685 g/mol. The first-order valence-electron chi connectivity index (χ1n) is 16.0. The maximum atomic E-state index is 14.2. The largest absolute Gasteiger partial charge is 0.457 e. The van der Waals surface area contributed by atoms with Crippen molar-refractivity contribution in [2.75, 3.05) is 0 Å². The number of aryl methyl sites for hydroxylation is 2. The Hall–Kier alpha value is -5.58. The number of ether oxygens (including phenoxy) is 1. The molecule has 11 heteroatoms. The fourth-order valence-corrected chi connectivity index (χ4v) is 6.59. The average Bonchev–Trinajstić information content (AvgIpc) is 3.62. The fraction of sp³-hybridized carbons (Fsp3) is 0.179.